The van der Waals surface area contributed by atoms with Crippen molar-refractivity contribution in [2.75, 3.05) is 32.0 Å². The predicted molar refractivity (Wildman–Crippen MR) is 135 cm³/mol. The van der Waals surface area contributed by atoms with Crippen molar-refractivity contribution in [3.05, 3.63) is 72.6 Å². The lowest BCUT2D eigenvalue weighted by atomic mass is 10.1. The maximum atomic E-state index is 13.0. The summed E-state index contributed by atoms with van der Waals surface area (Å²) in [6.07, 6.45) is 1.20. The molecule has 1 unspecified atom stereocenters. The zero-order valence-corrected chi connectivity index (χ0v) is 20.1. The van der Waals surface area contributed by atoms with Crippen molar-refractivity contribution >= 4 is 22.6 Å². The first kappa shape index (κ1) is 22.3. The average Bonchev–Trinajstić information content (AvgIpc) is 3.63. The molecule has 8 heteroatoms. The first-order chi connectivity index (χ1) is 17.7. The molecular weight excluding hydrogens is 458 g/mol. The fourth-order valence-electron chi connectivity index (χ4n) is 4.97. The second kappa shape index (κ2) is 9.45. The van der Waals surface area contributed by atoms with Crippen LogP contribution in [0.15, 0.2) is 66.7 Å². The van der Waals surface area contributed by atoms with Gasteiger partial charge in [-0.3, -0.25) is 4.79 Å². The summed E-state index contributed by atoms with van der Waals surface area (Å²) in [5, 5.41) is 0. The first-order valence-electron chi connectivity index (χ1n) is 12.1. The topological polar surface area (TPSA) is 75.1 Å². The number of rotatable bonds is 8. The number of aromatic nitrogens is 2. The minimum absolute atomic E-state index is 0.00883. The Labute approximate surface area is 209 Å². The summed E-state index contributed by atoms with van der Waals surface area (Å²) in [5.74, 6) is 3.84. The number of carbonyl (C=O) groups excluding carboxylic acids is 1. The van der Waals surface area contributed by atoms with Gasteiger partial charge in [0.1, 0.15) is 5.82 Å². The van der Waals surface area contributed by atoms with Crippen LogP contribution in [0.1, 0.15) is 24.6 Å². The minimum atomic E-state index is -0.00883. The van der Waals surface area contributed by atoms with Crippen molar-refractivity contribution in [3.8, 4) is 23.0 Å². The van der Waals surface area contributed by atoms with Crippen LogP contribution >= 0.6 is 0 Å². The Hall–Kier alpha value is -4.20. The number of methoxy groups -OCH3 is 1. The van der Waals surface area contributed by atoms with E-state index in [1.165, 1.54) is 0 Å². The van der Waals surface area contributed by atoms with Gasteiger partial charge in [-0.2, -0.15) is 0 Å². The standard InChI is InChI=1S/C28H27N3O5/c1-33-23-9-4-5-10-24(23)34-14-6-13-30-22-8-3-2-7-21(22)29-28(30)19-15-27(32)31(17-19)20-11-12-25-26(16-20)36-18-35-25/h2-5,7-12,16,19H,6,13-15,17-18H2,1H3. The Morgan fingerprint density at radius 1 is 1.00 bits per heavy atom. The number of fused-ring (bicyclic) bond motifs is 2. The molecule has 0 bridgehead atoms. The number of para-hydroxylation sites is 4. The molecule has 3 aromatic carbocycles. The van der Waals surface area contributed by atoms with Gasteiger partial charge in [0.15, 0.2) is 23.0 Å². The molecule has 8 nitrogen and oxygen atoms in total. The second-order valence-corrected chi connectivity index (χ2v) is 8.91. The monoisotopic (exact) mass is 485 g/mol. The Balaban J connectivity index is 1.21. The highest BCUT2D eigenvalue weighted by molar-refractivity contribution is 5.97. The number of aryl methyl sites for hydroxylation is 1. The molecule has 0 N–H and O–H groups in total. The van der Waals surface area contributed by atoms with Crippen LogP contribution in [0, 0.1) is 0 Å². The van der Waals surface area contributed by atoms with E-state index in [2.05, 4.69) is 10.6 Å². The summed E-state index contributed by atoms with van der Waals surface area (Å²) in [6.45, 7) is 2.05. The highest BCUT2D eigenvalue weighted by atomic mass is 16.7. The van der Waals surface area contributed by atoms with Crippen LogP contribution in [0.25, 0.3) is 11.0 Å². The summed E-state index contributed by atoms with van der Waals surface area (Å²) in [4.78, 5) is 19.8. The SMILES string of the molecule is COc1ccccc1OCCCn1c(C2CC(=O)N(c3ccc4c(c3)OCO4)C2)nc2ccccc21. The van der Waals surface area contributed by atoms with Crippen molar-refractivity contribution in [3.63, 3.8) is 0 Å². The van der Waals surface area contributed by atoms with E-state index >= 15 is 0 Å². The van der Waals surface area contributed by atoms with Crippen LogP contribution in [0.5, 0.6) is 23.0 Å². The van der Waals surface area contributed by atoms with E-state index in [0.29, 0.717) is 31.1 Å². The molecule has 36 heavy (non-hydrogen) atoms. The summed E-state index contributed by atoms with van der Waals surface area (Å²) >= 11 is 0. The molecule has 184 valence electrons. The highest BCUT2D eigenvalue weighted by Gasteiger charge is 2.35. The lowest BCUT2D eigenvalue weighted by molar-refractivity contribution is -0.117. The van der Waals surface area contributed by atoms with Gasteiger partial charge in [-0.1, -0.05) is 24.3 Å². The third-order valence-corrected chi connectivity index (χ3v) is 6.69. The Bertz CT molecular complexity index is 1420. The Morgan fingerprint density at radius 3 is 2.69 bits per heavy atom. The van der Waals surface area contributed by atoms with Gasteiger partial charge in [0.05, 0.1) is 24.8 Å². The van der Waals surface area contributed by atoms with Crippen molar-refractivity contribution < 1.29 is 23.7 Å². The molecule has 1 aromatic heterocycles. The zero-order chi connectivity index (χ0) is 24.5. The number of ether oxygens (including phenoxy) is 4. The molecular formula is C28H27N3O5. The maximum absolute atomic E-state index is 13.0. The van der Waals surface area contributed by atoms with Gasteiger partial charge in [-0.05, 0) is 42.8 Å². The lowest BCUT2D eigenvalue weighted by Gasteiger charge is -2.18. The molecule has 1 amide bonds. The number of amides is 1. The van der Waals surface area contributed by atoms with E-state index in [0.717, 1.165) is 47.0 Å². The fraction of sp³-hybridized carbons (Fsp3) is 0.286. The van der Waals surface area contributed by atoms with Crippen molar-refractivity contribution in [1.82, 2.24) is 9.55 Å². The molecule has 4 aromatic rings. The molecule has 6 rings (SSSR count). The largest absolute Gasteiger partial charge is 0.493 e. The number of nitrogens with zero attached hydrogens (tertiary/aromatic N) is 3. The summed E-state index contributed by atoms with van der Waals surface area (Å²) in [6, 6.07) is 21.4. The van der Waals surface area contributed by atoms with Crippen LogP contribution in [0.2, 0.25) is 0 Å². The van der Waals surface area contributed by atoms with Crippen LogP contribution in [-0.4, -0.2) is 42.5 Å². The smallest absolute Gasteiger partial charge is 0.231 e. The van der Waals surface area contributed by atoms with Crippen molar-refractivity contribution in [1.29, 1.82) is 0 Å². The predicted octanol–water partition coefficient (Wildman–Crippen LogP) is 4.76. The quantitative estimate of drug-likeness (QED) is 0.335. The number of anilines is 1. The minimum Gasteiger partial charge on any atom is -0.493 e. The first-order valence-corrected chi connectivity index (χ1v) is 12.1. The van der Waals surface area contributed by atoms with Crippen LogP contribution in [0.4, 0.5) is 5.69 Å². The van der Waals surface area contributed by atoms with Gasteiger partial charge in [0.25, 0.3) is 0 Å². The van der Waals surface area contributed by atoms with Gasteiger partial charge in [-0.25, -0.2) is 4.98 Å². The molecule has 1 atom stereocenters. The van der Waals surface area contributed by atoms with E-state index in [-0.39, 0.29) is 18.6 Å². The third-order valence-electron chi connectivity index (χ3n) is 6.69. The number of carbonyl (C=O) groups is 1. The third kappa shape index (κ3) is 4.08. The average molecular weight is 486 g/mol. The molecule has 0 spiro atoms. The van der Waals surface area contributed by atoms with Crippen molar-refractivity contribution in [2.45, 2.75) is 25.3 Å². The number of benzene rings is 3. The highest BCUT2D eigenvalue weighted by Crippen LogP contribution is 2.39. The number of imidazole rings is 1. The molecule has 2 aliphatic heterocycles. The van der Waals surface area contributed by atoms with Gasteiger partial charge in [-0.15, -0.1) is 0 Å². The fourth-order valence-corrected chi connectivity index (χ4v) is 4.97. The van der Waals surface area contributed by atoms with E-state index in [9.17, 15) is 4.79 Å². The van der Waals surface area contributed by atoms with Gasteiger partial charge >= 0.3 is 0 Å². The molecule has 1 fully saturated rings. The Kier molecular flexibility index (Phi) is 5.85. The summed E-state index contributed by atoms with van der Waals surface area (Å²) < 4.78 is 24.5. The molecule has 3 heterocycles. The molecule has 2 aliphatic rings. The van der Waals surface area contributed by atoms with E-state index in [1.807, 2.05) is 65.6 Å². The van der Waals surface area contributed by atoms with Crippen LogP contribution in [-0.2, 0) is 11.3 Å². The van der Waals surface area contributed by atoms with Gasteiger partial charge < -0.3 is 28.4 Å². The number of hydrogen-bond acceptors (Lipinski definition) is 6. The molecule has 0 saturated carbocycles. The lowest BCUT2D eigenvalue weighted by Crippen LogP contribution is -2.24. The van der Waals surface area contributed by atoms with Crippen LogP contribution in [0.3, 0.4) is 0 Å². The van der Waals surface area contributed by atoms with Crippen molar-refractivity contribution in [2.24, 2.45) is 0 Å². The van der Waals surface area contributed by atoms with E-state index in [1.54, 1.807) is 7.11 Å². The van der Waals surface area contributed by atoms with E-state index < -0.39 is 0 Å². The molecule has 0 aliphatic carbocycles. The summed E-state index contributed by atoms with van der Waals surface area (Å²) in [7, 11) is 1.64. The van der Waals surface area contributed by atoms with Gasteiger partial charge in [0.2, 0.25) is 12.7 Å². The molecule has 0 radical (unpaired) electrons. The normalized spacial score (nSPS) is 16.6. The molecule has 1 saturated heterocycles. The Morgan fingerprint density at radius 2 is 1.81 bits per heavy atom. The summed E-state index contributed by atoms with van der Waals surface area (Å²) in [5.41, 5.74) is 2.82. The van der Waals surface area contributed by atoms with E-state index in [4.69, 9.17) is 23.9 Å². The maximum Gasteiger partial charge on any atom is 0.231 e. The number of hydrogen-bond donors (Lipinski definition) is 0. The van der Waals surface area contributed by atoms with Gasteiger partial charge in [0, 0.05) is 37.2 Å². The second-order valence-electron chi connectivity index (χ2n) is 8.91. The van der Waals surface area contributed by atoms with Crippen LogP contribution < -0.4 is 23.8 Å². The zero-order valence-electron chi connectivity index (χ0n) is 20.1.